The maximum atomic E-state index is 5.76. The van der Waals surface area contributed by atoms with Crippen molar-refractivity contribution in [1.29, 1.82) is 0 Å². The quantitative estimate of drug-likeness (QED) is 0.464. The van der Waals surface area contributed by atoms with Crippen molar-refractivity contribution in [2.75, 3.05) is 0 Å². The molecule has 21 heavy (non-hydrogen) atoms. The van der Waals surface area contributed by atoms with Crippen LogP contribution in [0.15, 0.2) is 41.1 Å². The molecule has 120 valence electrons. The van der Waals surface area contributed by atoms with Crippen LogP contribution in [0.4, 0.5) is 0 Å². The molecule has 0 N–H and O–H groups in total. The lowest BCUT2D eigenvalue weighted by molar-refractivity contribution is 0.590. The molecule has 0 nitrogen and oxygen atoms in total. The molecule has 0 spiro atoms. The van der Waals surface area contributed by atoms with Crippen LogP contribution in [-0.2, 0) is 5.41 Å². The maximum absolute atomic E-state index is 5.76. The van der Waals surface area contributed by atoms with Crippen LogP contribution in [0.5, 0.6) is 0 Å². The second-order valence-electron chi connectivity index (χ2n) is 5.06. The van der Waals surface area contributed by atoms with Crippen LogP contribution in [0, 0.1) is 6.92 Å². The Labute approximate surface area is 141 Å². The summed E-state index contributed by atoms with van der Waals surface area (Å²) in [7, 11) is 0. The topological polar surface area (TPSA) is 0 Å². The first kappa shape index (κ1) is 22.5. The van der Waals surface area contributed by atoms with Crippen LogP contribution in [0.3, 0.4) is 0 Å². The zero-order chi connectivity index (χ0) is 16.9. The summed E-state index contributed by atoms with van der Waals surface area (Å²) in [6, 6.07) is 10.1. The van der Waals surface area contributed by atoms with Crippen molar-refractivity contribution in [2.45, 2.75) is 60.8 Å². The fraction of sp³-hybridized carbons (Fsp3) is 0.474. The number of hydrogen-bond donors (Lipinski definition) is 0. The van der Waals surface area contributed by atoms with E-state index in [2.05, 4.69) is 56.7 Å². The van der Waals surface area contributed by atoms with Gasteiger partial charge in [-0.05, 0) is 52.4 Å². The Bertz CT molecular complexity index is 422. The molecule has 0 fully saturated rings. The number of benzene rings is 1. The Kier molecular flexibility index (Phi) is 13.8. The van der Waals surface area contributed by atoms with Gasteiger partial charge in [0.15, 0.2) is 0 Å². The first-order chi connectivity index (χ1) is 9.89. The van der Waals surface area contributed by atoms with Crippen LogP contribution >= 0.6 is 22.9 Å². The molecule has 1 heterocycles. The summed E-state index contributed by atoms with van der Waals surface area (Å²) in [6.07, 6.45) is 0. The monoisotopic (exact) mass is 326 g/mol. The van der Waals surface area contributed by atoms with Crippen molar-refractivity contribution in [3.63, 3.8) is 0 Å². The summed E-state index contributed by atoms with van der Waals surface area (Å²) < 4.78 is 0. The Morgan fingerprint density at radius 3 is 1.57 bits per heavy atom. The molecule has 2 heteroatoms. The molecule has 0 atom stereocenters. The SMILES string of the molecule is CC.CC.CC(C)(C)c1ccc(Cl)cc1.Cc1ccsc1. The van der Waals surface area contributed by atoms with Crippen molar-refractivity contribution in [3.8, 4) is 0 Å². The first-order valence-corrected chi connectivity index (χ1v) is 8.96. The van der Waals surface area contributed by atoms with Gasteiger partial charge in [-0.3, -0.25) is 0 Å². The van der Waals surface area contributed by atoms with E-state index in [1.807, 2.05) is 39.8 Å². The zero-order valence-electron chi connectivity index (χ0n) is 14.8. The highest BCUT2D eigenvalue weighted by molar-refractivity contribution is 7.07. The predicted molar refractivity (Wildman–Crippen MR) is 102 cm³/mol. The highest BCUT2D eigenvalue weighted by Gasteiger charge is 2.12. The van der Waals surface area contributed by atoms with Crippen LogP contribution in [-0.4, -0.2) is 0 Å². The number of thiophene rings is 1. The Morgan fingerprint density at radius 1 is 0.857 bits per heavy atom. The van der Waals surface area contributed by atoms with E-state index in [0.717, 1.165) is 5.02 Å². The molecule has 0 bridgehead atoms. The van der Waals surface area contributed by atoms with Gasteiger partial charge in [-0.1, -0.05) is 72.2 Å². The van der Waals surface area contributed by atoms with Gasteiger partial charge < -0.3 is 0 Å². The van der Waals surface area contributed by atoms with E-state index in [9.17, 15) is 0 Å². The van der Waals surface area contributed by atoms with Gasteiger partial charge in [0.1, 0.15) is 0 Å². The zero-order valence-corrected chi connectivity index (χ0v) is 16.4. The Morgan fingerprint density at radius 2 is 1.33 bits per heavy atom. The lowest BCUT2D eigenvalue weighted by atomic mass is 9.87. The predicted octanol–water partition coefficient (Wildman–Crippen LogP) is 7.75. The van der Waals surface area contributed by atoms with Crippen LogP contribution in [0.2, 0.25) is 5.02 Å². The van der Waals surface area contributed by atoms with Gasteiger partial charge in [-0.25, -0.2) is 0 Å². The van der Waals surface area contributed by atoms with Gasteiger partial charge >= 0.3 is 0 Å². The molecule has 2 aromatic rings. The van der Waals surface area contributed by atoms with Crippen molar-refractivity contribution < 1.29 is 0 Å². The minimum absolute atomic E-state index is 0.227. The third-order valence-electron chi connectivity index (χ3n) is 2.37. The van der Waals surface area contributed by atoms with E-state index in [0.29, 0.717) is 0 Å². The average molecular weight is 327 g/mol. The minimum Gasteiger partial charge on any atom is -0.152 e. The van der Waals surface area contributed by atoms with Crippen molar-refractivity contribution >= 4 is 22.9 Å². The van der Waals surface area contributed by atoms with Crippen molar-refractivity contribution in [1.82, 2.24) is 0 Å². The van der Waals surface area contributed by atoms with Crippen molar-refractivity contribution in [2.24, 2.45) is 0 Å². The van der Waals surface area contributed by atoms with Crippen LogP contribution in [0.25, 0.3) is 0 Å². The lowest BCUT2D eigenvalue weighted by Crippen LogP contribution is -2.10. The van der Waals surface area contributed by atoms with Gasteiger partial charge in [0.05, 0.1) is 0 Å². The largest absolute Gasteiger partial charge is 0.152 e. The van der Waals surface area contributed by atoms with E-state index in [1.54, 1.807) is 11.3 Å². The van der Waals surface area contributed by atoms with Gasteiger partial charge in [-0.15, -0.1) is 0 Å². The van der Waals surface area contributed by atoms with Gasteiger partial charge in [0.25, 0.3) is 0 Å². The molecule has 0 unspecified atom stereocenters. The molecule has 0 amide bonds. The van der Waals surface area contributed by atoms with E-state index >= 15 is 0 Å². The third kappa shape index (κ3) is 11.5. The molecule has 1 aromatic heterocycles. The van der Waals surface area contributed by atoms with Crippen LogP contribution in [0.1, 0.15) is 59.6 Å². The maximum Gasteiger partial charge on any atom is 0.0406 e. The summed E-state index contributed by atoms with van der Waals surface area (Å²) in [5, 5.41) is 5.01. The number of rotatable bonds is 0. The Balaban J connectivity index is 0. The first-order valence-electron chi connectivity index (χ1n) is 7.64. The second kappa shape index (κ2) is 12.9. The molecule has 1 aromatic carbocycles. The molecule has 0 saturated heterocycles. The average Bonchev–Trinajstić information content (AvgIpc) is 2.94. The molecule has 2 rings (SSSR count). The molecule has 0 aliphatic heterocycles. The van der Waals surface area contributed by atoms with E-state index in [4.69, 9.17) is 11.6 Å². The van der Waals surface area contributed by atoms with E-state index in [1.165, 1.54) is 11.1 Å². The molecular weight excluding hydrogens is 296 g/mol. The smallest absolute Gasteiger partial charge is 0.0406 e. The fourth-order valence-electron chi connectivity index (χ4n) is 1.28. The summed E-state index contributed by atoms with van der Waals surface area (Å²) in [5.74, 6) is 0. The van der Waals surface area contributed by atoms with Gasteiger partial charge in [-0.2, -0.15) is 11.3 Å². The molecular formula is C19H31ClS. The van der Waals surface area contributed by atoms with E-state index < -0.39 is 0 Å². The highest BCUT2D eigenvalue weighted by atomic mass is 35.5. The standard InChI is InChI=1S/C10H13Cl.C5H6S.2C2H6/c1-10(2,3)8-4-6-9(11)7-5-8;1-5-2-3-6-4-5;2*1-2/h4-7H,1-3H3;2-4H,1H3;2*1-2H3. The second-order valence-corrected chi connectivity index (χ2v) is 6.27. The third-order valence-corrected chi connectivity index (χ3v) is 3.43. The van der Waals surface area contributed by atoms with Crippen LogP contribution < -0.4 is 0 Å². The summed E-state index contributed by atoms with van der Waals surface area (Å²) in [4.78, 5) is 0. The van der Waals surface area contributed by atoms with Gasteiger partial charge in [0, 0.05) is 5.02 Å². The normalized spacial score (nSPS) is 9.19. The van der Waals surface area contributed by atoms with Gasteiger partial charge in [0.2, 0.25) is 0 Å². The minimum atomic E-state index is 0.227. The van der Waals surface area contributed by atoms with E-state index in [-0.39, 0.29) is 5.41 Å². The van der Waals surface area contributed by atoms with Crippen molar-refractivity contribution in [3.05, 3.63) is 57.2 Å². The lowest BCUT2D eigenvalue weighted by Gasteiger charge is -2.18. The molecule has 0 aliphatic rings. The molecule has 0 aliphatic carbocycles. The number of aryl methyl sites for hydroxylation is 1. The fourth-order valence-corrected chi connectivity index (χ4v) is 2.07. The summed E-state index contributed by atoms with van der Waals surface area (Å²) >= 11 is 7.50. The number of halogens is 1. The molecule has 0 saturated carbocycles. The number of hydrogen-bond acceptors (Lipinski definition) is 1. The highest BCUT2D eigenvalue weighted by Crippen LogP contribution is 2.23. The molecule has 0 radical (unpaired) electrons. The summed E-state index contributed by atoms with van der Waals surface area (Å²) in [5.41, 5.74) is 2.91. The summed E-state index contributed by atoms with van der Waals surface area (Å²) in [6.45, 7) is 16.7. The Hall–Kier alpha value is -0.790.